The molecule has 2 rings (SSSR count). The number of halogens is 1. The molecule has 15 heavy (non-hydrogen) atoms. The van der Waals surface area contributed by atoms with Gasteiger partial charge in [0.25, 0.3) is 0 Å². The summed E-state index contributed by atoms with van der Waals surface area (Å²) in [6.45, 7) is 2.99. The lowest BCUT2D eigenvalue weighted by atomic mass is 10.2. The maximum atomic E-state index is 13.2. The van der Waals surface area contributed by atoms with E-state index in [9.17, 15) is 4.39 Å². The van der Waals surface area contributed by atoms with Crippen molar-refractivity contribution in [3.05, 3.63) is 30.1 Å². The van der Waals surface area contributed by atoms with Crippen LogP contribution < -0.4 is 10.6 Å². The van der Waals surface area contributed by atoms with Crippen LogP contribution in [0.4, 0.5) is 10.1 Å². The number of benzene rings is 1. The molecule has 1 aromatic carbocycles. The quantitative estimate of drug-likeness (QED) is 0.787. The van der Waals surface area contributed by atoms with Crippen LogP contribution in [0.25, 0.3) is 0 Å². The molecule has 1 aliphatic heterocycles. The highest BCUT2D eigenvalue weighted by Crippen LogP contribution is 2.12. The third-order valence-corrected chi connectivity index (χ3v) is 2.41. The average Bonchev–Trinajstić information content (AvgIpc) is 2.29. The van der Waals surface area contributed by atoms with Crippen LogP contribution in [0.3, 0.4) is 0 Å². The molecule has 2 N–H and O–H groups in total. The minimum atomic E-state index is -0.214. The van der Waals surface area contributed by atoms with Gasteiger partial charge in [0, 0.05) is 19.1 Å². The van der Waals surface area contributed by atoms with Crippen molar-refractivity contribution in [1.29, 1.82) is 0 Å². The molecule has 1 unspecified atom stereocenters. The lowest BCUT2D eigenvalue weighted by Gasteiger charge is -2.24. The molecule has 3 nitrogen and oxygen atoms in total. The second-order valence-electron chi connectivity index (χ2n) is 3.59. The second-order valence-corrected chi connectivity index (χ2v) is 3.59. The molecule has 0 aromatic heterocycles. The van der Waals surface area contributed by atoms with E-state index in [-0.39, 0.29) is 11.9 Å². The van der Waals surface area contributed by atoms with Gasteiger partial charge < -0.3 is 15.4 Å². The van der Waals surface area contributed by atoms with Gasteiger partial charge in [0.2, 0.25) is 0 Å². The molecule has 0 spiro atoms. The first-order valence-electron chi connectivity index (χ1n) is 5.16. The summed E-state index contributed by atoms with van der Waals surface area (Å²) < 4.78 is 18.5. The van der Waals surface area contributed by atoms with E-state index in [1.807, 2.05) is 6.07 Å². The van der Waals surface area contributed by atoms with Crippen molar-refractivity contribution in [1.82, 2.24) is 5.32 Å². The minimum absolute atomic E-state index is 0.214. The molecule has 0 aliphatic carbocycles. The van der Waals surface area contributed by atoms with Crippen LogP contribution in [0.2, 0.25) is 0 Å². The van der Waals surface area contributed by atoms with Crippen molar-refractivity contribution < 1.29 is 9.13 Å². The van der Waals surface area contributed by atoms with Gasteiger partial charge in [-0.2, -0.15) is 0 Å². The van der Waals surface area contributed by atoms with Crippen LogP contribution in [0.15, 0.2) is 24.3 Å². The Kier molecular flexibility index (Phi) is 3.53. The fraction of sp³-hybridized carbons (Fsp3) is 0.455. The number of ether oxygens (including phenoxy) is 1. The summed E-state index contributed by atoms with van der Waals surface area (Å²) in [5.41, 5.74) is 0.546. The van der Waals surface area contributed by atoms with E-state index in [0.717, 1.165) is 13.2 Å². The predicted molar refractivity (Wildman–Crippen MR) is 57.5 cm³/mol. The molecule has 82 valence electrons. The van der Waals surface area contributed by atoms with Crippen LogP contribution in [0, 0.1) is 5.82 Å². The van der Waals surface area contributed by atoms with Crippen LogP contribution in [0.5, 0.6) is 0 Å². The topological polar surface area (TPSA) is 33.3 Å². The highest BCUT2D eigenvalue weighted by atomic mass is 19.1. The summed E-state index contributed by atoms with van der Waals surface area (Å²) in [5, 5.41) is 6.36. The van der Waals surface area contributed by atoms with Crippen molar-refractivity contribution in [3.63, 3.8) is 0 Å². The van der Waals surface area contributed by atoms with Gasteiger partial charge >= 0.3 is 0 Å². The Morgan fingerprint density at radius 1 is 1.47 bits per heavy atom. The monoisotopic (exact) mass is 210 g/mol. The summed E-state index contributed by atoms with van der Waals surface area (Å²) in [6, 6.07) is 6.95. The Bertz CT molecular complexity index is 313. The van der Waals surface area contributed by atoms with Gasteiger partial charge in [-0.25, -0.2) is 4.39 Å². The van der Waals surface area contributed by atoms with Crippen molar-refractivity contribution in [3.8, 4) is 0 Å². The highest BCUT2D eigenvalue weighted by Gasteiger charge is 2.12. The number of rotatable bonds is 3. The molecule has 0 bridgehead atoms. The van der Waals surface area contributed by atoms with E-state index in [1.54, 1.807) is 12.1 Å². The van der Waals surface area contributed by atoms with Crippen molar-refractivity contribution >= 4 is 5.69 Å². The van der Waals surface area contributed by atoms with Crippen LogP contribution in [-0.2, 0) is 4.74 Å². The van der Waals surface area contributed by atoms with E-state index < -0.39 is 0 Å². The van der Waals surface area contributed by atoms with Gasteiger partial charge in [0.15, 0.2) is 0 Å². The second kappa shape index (κ2) is 5.09. The van der Waals surface area contributed by atoms with Gasteiger partial charge in [0.05, 0.1) is 18.9 Å². The zero-order valence-electron chi connectivity index (χ0n) is 8.50. The summed E-state index contributed by atoms with van der Waals surface area (Å²) >= 11 is 0. The number of hydrogen-bond acceptors (Lipinski definition) is 3. The average molecular weight is 210 g/mol. The SMILES string of the molecule is Fc1ccccc1NCC1COCCN1. The molecule has 1 fully saturated rings. The Morgan fingerprint density at radius 3 is 3.07 bits per heavy atom. The van der Waals surface area contributed by atoms with Crippen LogP contribution in [0.1, 0.15) is 0 Å². The minimum Gasteiger partial charge on any atom is -0.381 e. The summed E-state index contributed by atoms with van der Waals surface area (Å²) in [6.07, 6.45) is 0. The van der Waals surface area contributed by atoms with Gasteiger partial charge in [-0.15, -0.1) is 0 Å². The third kappa shape index (κ3) is 2.91. The van der Waals surface area contributed by atoms with Gasteiger partial charge in [-0.1, -0.05) is 12.1 Å². The number of para-hydroxylation sites is 1. The predicted octanol–water partition coefficient (Wildman–Crippen LogP) is 1.23. The van der Waals surface area contributed by atoms with E-state index in [4.69, 9.17) is 4.74 Å². The number of nitrogens with one attached hydrogen (secondary N) is 2. The number of anilines is 1. The maximum absolute atomic E-state index is 13.2. The van der Waals surface area contributed by atoms with Crippen LogP contribution >= 0.6 is 0 Å². The molecule has 1 saturated heterocycles. The normalized spacial score (nSPS) is 21.3. The van der Waals surface area contributed by atoms with Crippen molar-refractivity contribution in [2.75, 3.05) is 31.6 Å². The largest absolute Gasteiger partial charge is 0.381 e. The standard InChI is InChI=1S/C11H15FN2O/c12-10-3-1-2-4-11(10)14-7-9-8-15-6-5-13-9/h1-4,9,13-14H,5-8H2. The Balaban J connectivity index is 1.84. The third-order valence-electron chi connectivity index (χ3n) is 2.41. The Hall–Kier alpha value is -1.13. The van der Waals surface area contributed by atoms with Crippen molar-refractivity contribution in [2.45, 2.75) is 6.04 Å². The van der Waals surface area contributed by atoms with Gasteiger partial charge in [0.1, 0.15) is 5.82 Å². The summed E-state index contributed by atoms with van der Waals surface area (Å²) in [7, 11) is 0. The van der Waals surface area contributed by atoms with Crippen LogP contribution in [-0.4, -0.2) is 32.3 Å². The molecule has 4 heteroatoms. The smallest absolute Gasteiger partial charge is 0.146 e. The summed E-state index contributed by atoms with van der Waals surface area (Å²) in [4.78, 5) is 0. The fourth-order valence-electron chi connectivity index (χ4n) is 1.59. The molecule has 1 aromatic rings. The lowest BCUT2D eigenvalue weighted by Crippen LogP contribution is -2.45. The molecule has 0 saturated carbocycles. The van der Waals surface area contributed by atoms with E-state index in [0.29, 0.717) is 18.8 Å². The first-order valence-corrected chi connectivity index (χ1v) is 5.16. The Labute approximate surface area is 88.6 Å². The number of morpholine rings is 1. The van der Waals surface area contributed by atoms with Gasteiger partial charge in [-0.3, -0.25) is 0 Å². The molecule has 0 amide bonds. The first-order chi connectivity index (χ1) is 7.36. The van der Waals surface area contributed by atoms with E-state index >= 15 is 0 Å². The molecule has 1 heterocycles. The maximum Gasteiger partial charge on any atom is 0.146 e. The zero-order valence-corrected chi connectivity index (χ0v) is 8.50. The first kappa shape index (κ1) is 10.4. The van der Waals surface area contributed by atoms with Crippen molar-refractivity contribution in [2.24, 2.45) is 0 Å². The molecular formula is C11H15FN2O. The molecule has 1 atom stereocenters. The highest BCUT2D eigenvalue weighted by molar-refractivity contribution is 5.44. The lowest BCUT2D eigenvalue weighted by molar-refractivity contribution is 0.0806. The molecular weight excluding hydrogens is 195 g/mol. The Morgan fingerprint density at radius 2 is 2.33 bits per heavy atom. The summed E-state index contributed by atoms with van der Waals surface area (Å²) in [5.74, 6) is -0.214. The van der Waals surface area contributed by atoms with Gasteiger partial charge in [-0.05, 0) is 12.1 Å². The van der Waals surface area contributed by atoms with E-state index in [2.05, 4.69) is 10.6 Å². The molecule has 1 aliphatic rings. The number of hydrogen-bond donors (Lipinski definition) is 2. The molecule has 0 radical (unpaired) electrons. The van der Waals surface area contributed by atoms with E-state index in [1.165, 1.54) is 6.07 Å². The zero-order chi connectivity index (χ0) is 10.5. The fourth-order valence-corrected chi connectivity index (χ4v) is 1.59.